The highest BCUT2D eigenvalue weighted by molar-refractivity contribution is 5.70. The van der Waals surface area contributed by atoms with Gasteiger partial charge < -0.3 is 28.6 Å². The van der Waals surface area contributed by atoms with E-state index in [-0.39, 0.29) is 31.6 Å². The summed E-state index contributed by atoms with van der Waals surface area (Å²) < 4.78 is 27.3. The molecule has 8 nitrogen and oxygen atoms in total. The zero-order chi connectivity index (χ0) is 27.8. The van der Waals surface area contributed by atoms with Crippen molar-refractivity contribution in [3.63, 3.8) is 0 Å². The molecule has 0 aliphatic heterocycles. The Kier molecular flexibility index (Phi) is 20.1. The van der Waals surface area contributed by atoms with E-state index in [1.807, 2.05) is 32.3 Å². The van der Waals surface area contributed by atoms with Crippen LogP contribution in [0.3, 0.4) is 0 Å². The molecule has 0 radical (unpaired) electrons. The van der Waals surface area contributed by atoms with Crippen molar-refractivity contribution in [3.8, 4) is 11.5 Å². The highest BCUT2D eigenvalue weighted by Gasteiger charge is 2.08. The van der Waals surface area contributed by atoms with Crippen molar-refractivity contribution in [2.45, 2.75) is 90.5 Å². The molecule has 0 bridgehead atoms. The van der Waals surface area contributed by atoms with Crippen LogP contribution in [0.2, 0.25) is 0 Å². The standard InChI is InChI=1S/C30H51NO7/c1-5-6-7-8-9-10-11-15-29(32)37-18-12-16-30(33)38-21-14-20-36-28-23-26(25-31(2)3)22-27(24-28)35-19-13-17-34-4/h22-24H,5-21,25H2,1-4H3. The monoisotopic (exact) mass is 537 g/mol. The van der Waals surface area contributed by atoms with Gasteiger partial charge in [0.1, 0.15) is 11.5 Å². The summed E-state index contributed by atoms with van der Waals surface area (Å²) in [6.45, 7) is 5.19. The summed E-state index contributed by atoms with van der Waals surface area (Å²) >= 11 is 0. The fourth-order valence-corrected chi connectivity index (χ4v) is 3.86. The number of ether oxygens (including phenoxy) is 5. The first-order valence-corrected chi connectivity index (χ1v) is 14.3. The van der Waals surface area contributed by atoms with Crippen LogP contribution in [-0.2, 0) is 30.3 Å². The van der Waals surface area contributed by atoms with Gasteiger partial charge in [0.15, 0.2) is 0 Å². The number of benzene rings is 1. The number of esters is 2. The third-order valence-electron chi connectivity index (χ3n) is 5.79. The maximum atomic E-state index is 11.9. The molecule has 1 aromatic carbocycles. The number of rotatable bonds is 24. The fourth-order valence-electron chi connectivity index (χ4n) is 3.86. The molecular weight excluding hydrogens is 486 g/mol. The van der Waals surface area contributed by atoms with Crippen molar-refractivity contribution in [2.75, 3.05) is 54.2 Å². The summed E-state index contributed by atoms with van der Waals surface area (Å²) in [6, 6.07) is 5.91. The normalized spacial score (nSPS) is 11.0. The summed E-state index contributed by atoms with van der Waals surface area (Å²) in [5, 5.41) is 0. The smallest absolute Gasteiger partial charge is 0.305 e. The van der Waals surface area contributed by atoms with E-state index in [0.29, 0.717) is 39.1 Å². The van der Waals surface area contributed by atoms with Crippen LogP contribution >= 0.6 is 0 Å². The molecule has 8 heteroatoms. The Morgan fingerprint density at radius 1 is 0.658 bits per heavy atom. The van der Waals surface area contributed by atoms with E-state index in [1.54, 1.807) is 7.11 Å². The van der Waals surface area contributed by atoms with Crippen LogP contribution in [0.25, 0.3) is 0 Å². The predicted molar refractivity (Wildman–Crippen MR) is 150 cm³/mol. The molecular formula is C30H51NO7. The van der Waals surface area contributed by atoms with Gasteiger partial charge in [-0.2, -0.15) is 0 Å². The van der Waals surface area contributed by atoms with Crippen LogP contribution in [0, 0.1) is 0 Å². The second-order valence-electron chi connectivity index (χ2n) is 9.86. The van der Waals surface area contributed by atoms with Crippen molar-refractivity contribution < 1.29 is 33.3 Å². The highest BCUT2D eigenvalue weighted by Crippen LogP contribution is 2.24. The molecule has 0 unspecified atom stereocenters. The minimum Gasteiger partial charge on any atom is -0.493 e. The Bertz CT molecular complexity index is 754. The minimum absolute atomic E-state index is 0.178. The summed E-state index contributed by atoms with van der Waals surface area (Å²) in [5.41, 5.74) is 1.10. The van der Waals surface area contributed by atoms with Gasteiger partial charge >= 0.3 is 11.9 Å². The third-order valence-corrected chi connectivity index (χ3v) is 5.79. The molecule has 0 fully saturated rings. The van der Waals surface area contributed by atoms with Gasteiger partial charge in [-0.25, -0.2) is 0 Å². The first-order chi connectivity index (χ1) is 18.4. The van der Waals surface area contributed by atoms with Crippen LogP contribution < -0.4 is 9.47 Å². The van der Waals surface area contributed by atoms with Crippen LogP contribution in [0.1, 0.15) is 89.5 Å². The van der Waals surface area contributed by atoms with Crippen molar-refractivity contribution >= 4 is 11.9 Å². The SMILES string of the molecule is CCCCCCCCCC(=O)OCCCC(=O)OCCCOc1cc(CN(C)C)cc(OCCCOC)c1. The lowest BCUT2D eigenvalue weighted by Crippen LogP contribution is -2.12. The number of carbonyl (C=O) groups excluding carboxylic acids is 2. The lowest BCUT2D eigenvalue weighted by molar-refractivity contribution is -0.147. The Labute approximate surface area is 230 Å². The van der Waals surface area contributed by atoms with E-state index in [0.717, 1.165) is 42.9 Å². The zero-order valence-corrected chi connectivity index (χ0v) is 24.3. The first kappa shape index (κ1) is 33.7. The van der Waals surface area contributed by atoms with Gasteiger partial charge in [-0.1, -0.05) is 45.4 Å². The van der Waals surface area contributed by atoms with Crippen molar-refractivity contribution in [2.24, 2.45) is 0 Å². The minimum atomic E-state index is -0.284. The topological polar surface area (TPSA) is 83.5 Å². The fraction of sp³-hybridized carbons (Fsp3) is 0.733. The van der Waals surface area contributed by atoms with E-state index in [2.05, 4.69) is 11.8 Å². The molecule has 0 saturated heterocycles. The molecule has 0 heterocycles. The van der Waals surface area contributed by atoms with Gasteiger partial charge in [0.2, 0.25) is 0 Å². The molecule has 0 spiro atoms. The number of unbranched alkanes of at least 4 members (excludes halogenated alkanes) is 6. The molecule has 0 aliphatic carbocycles. The number of carbonyl (C=O) groups is 2. The van der Waals surface area contributed by atoms with E-state index >= 15 is 0 Å². The second kappa shape index (κ2) is 22.6. The molecule has 0 aliphatic rings. The van der Waals surface area contributed by atoms with Gasteiger partial charge in [0.05, 0.1) is 26.4 Å². The number of hydrogen-bond donors (Lipinski definition) is 0. The molecule has 0 amide bonds. The summed E-state index contributed by atoms with van der Waals surface area (Å²) in [5.74, 6) is 1.04. The van der Waals surface area contributed by atoms with Gasteiger partial charge in [-0.15, -0.1) is 0 Å². The first-order valence-electron chi connectivity index (χ1n) is 14.3. The van der Waals surface area contributed by atoms with Gasteiger partial charge in [0.25, 0.3) is 0 Å². The molecule has 0 atom stereocenters. The van der Waals surface area contributed by atoms with Crippen LogP contribution in [0.4, 0.5) is 0 Å². The van der Waals surface area contributed by atoms with Crippen molar-refractivity contribution in [1.29, 1.82) is 0 Å². The van der Waals surface area contributed by atoms with Gasteiger partial charge in [0, 0.05) is 52.0 Å². The Morgan fingerprint density at radius 3 is 1.76 bits per heavy atom. The van der Waals surface area contributed by atoms with Crippen LogP contribution in [0.15, 0.2) is 18.2 Å². The lowest BCUT2D eigenvalue weighted by atomic mass is 10.1. The number of nitrogens with zero attached hydrogens (tertiary/aromatic N) is 1. The Morgan fingerprint density at radius 2 is 1.18 bits per heavy atom. The summed E-state index contributed by atoms with van der Waals surface area (Å²) in [7, 11) is 5.71. The molecule has 218 valence electrons. The maximum Gasteiger partial charge on any atom is 0.305 e. The number of methoxy groups -OCH3 is 1. The highest BCUT2D eigenvalue weighted by atomic mass is 16.5. The Balaban J connectivity index is 2.17. The van der Waals surface area contributed by atoms with Gasteiger partial charge in [-0.3, -0.25) is 9.59 Å². The molecule has 1 aromatic rings. The van der Waals surface area contributed by atoms with Crippen molar-refractivity contribution in [1.82, 2.24) is 4.90 Å². The summed E-state index contributed by atoms with van der Waals surface area (Å²) in [6.07, 6.45) is 10.7. The van der Waals surface area contributed by atoms with E-state index in [9.17, 15) is 9.59 Å². The Hall–Kier alpha value is -2.32. The van der Waals surface area contributed by atoms with E-state index in [4.69, 9.17) is 23.7 Å². The molecule has 0 aromatic heterocycles. The quantitative estimate of drug-likeness (QED) is 0.118. The van der Waals surface area contributed by atoms with E-state index in [1.165, 1.54) is 32.1 Å². The summed E-state index contributed by atoms with van der Waals surface area (Å²) in [4.78, 5) is 25.8. The third kappa shape index (κ3) is 18.9. The maximum absolute atomic E-state index is 11.9. The number of hydrogen-bond acceptors (Lipinski definition) is 8. The lowest BCUT2D eigenvalue weighted by Gasteiger charge is -2.15. The molecule has 38 heavy (non-hydrogen) atoms. The molecule has 1 rings (SSSR count). The average Bonchev–Trinajstić information content (AvgIpc) is 2.88. The molecule has 0 saturated carbocycles. The average molecular weight is 538 g/mol. The van der Waals surface area contributed by atoms with Crippen LogP contribution in [-0.4, -0.2) is 71.1 Å². The largest absolute Gasteiger partial charge is 0.493 e. The van der Waals surface area contributed by atoms with E-state index < -0.39 is 0 Å². The van der Waals surface area contributed by atoms with Gasteiger partial charge in [-0.05, 0) is 44.6 Å². The zero-order valence-electron chi connectivity index (χ0n) is 24.3. The molecule has 0 N–H and O–H groups in total. The second-order valence-corrected chi connectivity index (χ2v) is 9.86. The van der Waals surface area contributed by atoms with Crippen molar-refractivity contribution in [3.05, 3.63) is 23.8 Å². The van der Waals surface area contributed by atoms with Crippen LogP contribution in [0.5, 0.6) is 11.5 Å². The predicted octanol–water partition coefficient (Wildman–Crippen LogP) is 5.94.